The molecule has 5 nitrogen and oxygen atoms in total. The quantitative estimate of drug-likeness (QED) is 0.730. The van der Waals surface area contributed by atoms with Crippen LogP contribution in [0.1, 0.15) is 19.8 Å². The fraction of sp³-hybridized carbons (Fsp3) is 0.875. The van der Waals surface area contributed by atoms with Gasteiger partial charge in [-0.3, -0.25) is 0 Å². The second-order valence-electron chi connectivity index (χ2n) is 3.50. The normalized spacial score (nSPS) is 28.2. The molecule has 1 saturated heterocycles. The molecule has 1 N–H and O–H groups in total. The zero-order chi connectivity index (χ0) is 10.8. The van der Waals surface area contributed by atoms with Crippen LogP contribution in [0.15, 0.2) is 0 Å². The third kappa shape index (κ3) is 3.26. The van der Waals surface area contributed by atoms with Crippen LogP contribution in [0.25, 0.3) is 0 Å². The topological polar surface area (TPSA) is 80.7 Å². The van der Waals surface area contributed by atoms with Gasteiger partial charge in [0.25, 0.3) is 0 Å². The second kappa shape index (κ2) is 4.27. The van der Waals surface area contributed by atoms with Crippen molar-refractivity contribution < 1.29 is 23.1 Å². The molecule has 14 heavy (non-hydrogen) atoms. The van der Waals surface area contributed by atoms with E-state index in [0.717, 1.165) is 0 Å². The highest BCUT2D eigenvalue weighted by Gasteiger charge is 2.28. The Balaban J connectivity index is 2.50. The van der Waals surface area contributed by atoms with Crippen LogP contribution in [0.5, 0.6) is 0 Å². The first-order chi connectivity index (χ1) is 6.41. The number of carbonyl (C=O) groups is 1. The number of hydrogen-bond acceptors (Lipinski definition) is 4. The molecule has 0 aromatic rings. The SMILES string of the molecule is CC(OC1CCCS(=O)(=O)C1)C(=O)O. The van der Waals surface area contributed by atoms with E-state index in [0.29, 0.717) is 12.8 Å². The van der Waals surface area contributed by atoms with E-state index in [1.165, 1.54) is 6.92 Å². The van der Waals surface area contributed by atoms with Gasteiger partial charge in [-0.25, -0.2) is 13.2 Å². The summed E-state index contributed by atoms with van der Waals surface area (Å²) in [6.45, 7) is 1.41. The highest BCUT2D eigenvalue weighted by molar-refractivity contribution is 7.91. The minimum absolute atomic E-state index is 0.0510. The summed E-state index contributed by atoms with van der Waals surface area (Å²) in [6, 6.07) is 0. The zero-order valence-electron chi connectivity index (χ0n) is 7.97. The van der Waals surface area contributed by atoms with Gasteiger partial charge in [-0.2, -0.15) is 0 Å². The lowest BCUT2D eigenvalue weighted by Crippen LogP contribution is -2.35. The van der Waals surface area contributed by atoms with Crippen molar-refractivity contribution >= 4 is 15.8 Å². The third-order valence-corrected chi connectivity index (χ3v) is 3.96. The lowest BCUT2D eigenvalue weighted by atomic mass is 10.2. The van der Waals surface area contributed by atoms with Crippen LogP contribution >= 0.6 is 0 Å². The minimum atomic E-state index is -3.02. The Bertz CT molecular complexity index is 308. The van der Waals surface area contributed by atoms with Crippen LogP contribution < -0.4 is 0 Å². The summed E-state index contributed by atoms with van der Waals surface area (Å²) in [5.41, 5.74) is 0. The van der Waals surface area contributed by atoms with E-state index >= 15 is 0 Å². The summed E-state index contributed by atoms with van der Waals surface area (Å²) in [4.78, 5) is 10.5. The summed E-state index contributed by atoms with van der Waals surface area (Å²) in [6.07, 6.45) is -0.218. The van der Waals surface area contributed by atoms with Crippen molar-refractivity contribution in [2.24, 2.45) is 0 Å². The predicted molar refractivity (Wildman–Crippen MR) is 49.9 cm³/mol. The Morgan fingerprint density at radius 1 is 1.57 bits per heavy atom. The Morgan fingerprint density at radius 3 is 2.71 bits per heavy atom. The van der Waals surface area contributed by atoms with Crippen molar-refractivity contribution in [2.45, 2.75) is 32.0 Å². The summed E-state index contributed by atoms with van der Waals surface area (Å²) >= 11 is 0. The molecule has 1 aliphatic rings. The van der Waals surface area contributed by atoms with Crippen LogP contribution in [-0.2, 0) is 19.4 Å². The maximum absolute atomic E-state index is 11.2. The number of aliphatic carboxylic acids is 1. The van der Waals surface area contributed by atoms with Crippen molar-refractivity contribution in [3.8, 4) is 0 Å². The van der Waals surface area contributed by atoms with Crippen LogP contribution in [0.3, 0.4) is 0 Å². The van der Waals surface area contributed by atoms with Gasteiger partial charge in [-0.05, 0) is 19.8 Å². The summed E-state index contributed by atoms with van der Waals surface area (Å²) < 4.78 is 27.5. The molecule has 82 valence electrons. The highest BCUT2D eigenvalue weighted by atomic mass is 32.2. The molecule has 0 bridgehead atoms. The van der Waals surface area contributed by atoms with E-state index in [1.54, 1.807) is 0 Å². The van der Waals surface area contributed by atoms with Gasteiger partial charge in [0.05, 0.1) is 17.6 Å². The number of hydrogen-bond donors (Lipinski definition) is 1. The number of carboxylic acid groups (broad SMARTS) is 1. The first kappa shape index (κ1) is 11.5. The van der Waals surface area contributed by atoms with E-state index in [4.69, 9.17) is 9.84 Å². The molecule has 0 spiro atoms. The number of sulfone groups is 1. The van der Waals surface area contributed by atoms with E-state index in [9.17, 15) is 13.2 Å². The van der Waals surface area contributed by atoms with Gasteiger partial charge in [0.15, 0.2) is 15.9 Å². The van der Waals surface area contributed by atoms with Gasteiger partial charge in [0, 0.05) is 0 Å². The summed E-state index contributed by atoms with van der Waals surface area (Å²) in [7, 11) is -3.02. The molecule has 0 aliphatic carbocycles. The Kier molecular flexibility index (Phi) is 3.49. The molecule has 1 aliphatic heterocycles. The molecule has 1 rings (SSSR count). The standard InChI is InChI=1S/C8H14O5S/c1-6(8(9)10)13-7-3-2-4-14(11,12)5-7/h6-7H,2-5H2,1H3,(H,9,10). The zero-order valence-corrected chi connectivity index (χ0v) is 8.79. The lowest BCUT2D eigenvalue weighted by Gasteiger charge is -2.23. The molecule has 0 aromatic heterocycles. The van der Waals surface area contributed by atoms with Gasteiger partial charge in [0.1, 0.15) is 0 Å². The molecule has 0 aromatic carbocycles. The molecular formula is C8H14O5S. The largest absolute Gasteiger partial charge is 0.479 e. The van der Waals surface area contributed by atoms with E-state index in [-0.39, 0.29) is 11.5 Å². The molecule has 1 fully saturated rings. The fourth-order valence-corrected chi connectivity index (χ4v) is 3.02. The Hall–Kier alpha value is -0.620. The minimum Gasteiger partial charge on any atom is -0.479 e. The molecule has 2 atom stereocenters. The van der Waals surface area contributed by atoms with Crippen LogP contribution in [0.2, 0.25) is 0 Å². The summed E-state index contributed by atoms with van der Waals surface area (Å²) in [5.74, 6) is -0.924. The van der Waals surface area contributed by atoms with Crippen LogP contribution in [0, 0.1) is 0 Å². The summed E-state index contributed by atoms with van der Waals surface area (Å²) in [5, 5.41) is 8.57. The van der Waals surface area contributed by atoms with Gasteiger partial charge in [-0.1, -0.05) is 0 Å². The highest BCUT2D eigenvalue weighted by Crippen LogP contribution is 2.16. The van der Waals surface area contributed by atoms with Gasteiger partial charge in [-0.15, -0.1) is 0 Å². The number of rotatable bonds is 3. The Labute approximate surface area is 83.0 Å². The number of ether oxygens (including phenoxy) is 1. The van der Waals surface area contributed by atoms with Crippen LogP contribution in [0.4, 0.5) is 0 Å². The monoisotopic (exact) mass is 222 g/mol. The van der Waals surface area contributed by atoms with Gasteiger partial charge >= 0.3 is 5.97 Å². The van der Waals surface area contributed by atoms with Crippen molar-refractivity contribution in [1.29, 1.82) is 0 Å². The van der Waals surface area contributed by atoms with Crippen molar-refractivity contribution in [2.75, 3.05) is 11.5 Å². The van der Waals surface area contributed by atoms with Crippen molar-refractivity contribution in [3.63, 3.8) is 0 Å². The average molecular weight is 222 g/mol. The van der Waals surface area contributed by atoms with Gasteiger partial charge < -0.3 is 9.84 Å². The third-order valence-electron chi connectivity index (χ3n) is 2.17. The molecule has 2 unspecified atom stereocenters. The molecule has 6 heteroatoms. The van der Waals surface area contributed by atoms with Crippen molar-refractivity contribution in [1.82, 2.24) is 0 Å². The average Bonchev–Trinajstić information content (AvgIpc) is 2.01. The molecule has 1 heterocycles. The van der Waals surface area contributed by atoms with Crippen LogP contribution in [-0.4, -0.2) is 43.2 Å². The van der Waals surface area contributed by atoms with E-state index < -0.39 is 28.0 Å². The predicted octanol–water partition coefficient (Wildman–Crippen LogP) is 0.0533. The molecule has 0 saturated carbocycles. The van der Waals surface area contributed by atoms with E-state index in [1.807, 2.05) is 0 Å². The molecule has 0 radical (unpaired) electrons. The first-order valence-corrected chi connectivity index (χ1v) is 6.31. The van der Waals surface area contributed by atoms with Crippen molar-refractivity contribution in [3.05, 3.63) is 0 Å². The fourth-order valence-electron chi connectivity index (χ4n) is 1.44. The first-order valence-electron chi connectivity index (χ1n) is 4.49. The maximum Gasteiger partial charge on any atom is 0.332 e. The smallest absolute Gasteiger partial charge is 0.332 e. The Morgan fingerprint density at radius 2 is 2.21 bits per heavy atom. The van der Waals surface area contributed by atoms with Gasteiger partial charge in [0.2, 0.25) is 0 Å². The lowest BCUT2D eigenvalue weighted by molar-refractivity contribution is -0.152. The van der Waals surface area contributed by atoms with E-state index in [2.05, 4.69) is 0 Å². The number of carboxylic acids is 1. The molecular weight excluding hydrogens is 208 g/mol. The second-order valence-corrected chi connectivity index (χ2v) is 5.72. The molecule has 0 amide bonds. The maximum atomic E-state index is 11.2.